The number of halogens is 3. The van der Waals surface area contributed by atoms with Gasteiger partial charge in [0.1, 0.15) is 5.75 Å². The van der Waals surface area contributed by atoms with Gasteiger partial charge in [0, 0.05) is 38.8 Å². The Labute approximate surface area is 166 Å². The third kappa shape index (κ3) is 4.55. The van der Waals surface area contributed by atoms with E-state index in [1.54, 1.807) is 0 Å². The first-order valence-electron chi connectivity index (χ1n) is 9.55. The van der Waals surface area contributed by atoms with E-state index in [1.165, 1.54) is 23.9 Å². The molecule has 2 atom stereocenters. The highest BCUT2D eigenvalue weighted by molar-refractivity contribution is 5.94. The van der Waals surface area contributed by atoms with Gasteiger partial charge in [-0.05, 0) is 48.9 Å². The SMILES string of the molecule is Cc1cc(CN2CC3C(CNC(=O)c4cccc(OC(F)(F)F)c4)C3C2)n(C)n1. The lowest BCUT2D eigenvalue weighted by atomic mass is 10.2. The lowest BCUT2D eigenvalue weighted by Crippen LogP contribution is -2.30. The summed E-state index contributed by atoms with van der Waals surface area (Å²) >= 11 is 0. The first-order valence-corrected chi connectivity index (χ1v) is 9.55. The van der Waals surface area contributed by atoms with Crippen molar-refractivity contribution < 1.29 is 22.7 Å². The number of hydrogen-bond acceptors (Lipinski definition) is 4. The molecule has 2 fully saturated rings. The summed E-state index contributed by atoms with van der Waals surface area (Å²) in [5.41, 5.74) is 2.36. The van der Waals surface area contributed by atoms with E-state index in [9.17, 15) is 18.0 Å². The van der Waals surface area contributed by atoms with Crippen molar-refractivity contribution in [1.29, 1.82) is 0 Å². The Bertz CT molecular complexity index is 899. The fourth-order valence-corrected chi connectivity index (χ4v) is 4.36. The Morgan fingerprint density at radius 2 is 2.00 bits per heavy atom. The molecule has 2 aliphatic rings. The minimum atomic E-state index is -4.78. The van der Waals surface area contributed by atoms with Gasteiger partial charge in [0.15, 0.2) is 0 Å². The quantitative estimate of drug-likeness (QED) is 0.799. The number of fused-ring (bicyclic) bond motifs is 1. The molecule has 0 bridgehead atoms. The van der Waals surface area contributed by atoms with Crippen LogP contribution in [0, 0.1) is 24.7 Å². The highest BCUT2D eigenvalue weighted by atomic mass is 19.4. The molecule has 4 rings (SSSR count). The van der Waals surface area contributed by atoms with Gasteiger partial charge in [0.25, 0.3) is 5.91 Å². The molecule has 0 spiro atoms. The number of piperidine rings is 1. The molecule has 1 aromatic carbocycles. The van der Waals surface area contributed by atoms with E-state index in [0.29, 0.717) is 24.3 Å². The third-order valence-corrected chi connectivity index (χ3v) is 5.76. The molecule has 2 unspecified atom stereocenters. The smallest absolute Gasteiger partial charge is 0.406 e. The second kappa shape index (κ2) is 7.37. The van der Waals surface area contributed by atoms with Crippen molar-refractivity contribution in [3.05, 3.63) is 47.3 Å². The van der Waals surface area contributed by atoms with Gasteiger partial charge in [-0.15, -0.1) is 13.2 Å². The van der Waals surface area contributed by atoms with Crippen LogP contribution < -0.4 is 10.1 Å². The first-order chi connectivity index (χ1) is 13.7. The number of likely N-dealkylation sites (tertiary alicyclic amines) is 1. The standard InChI is InChI=1S/C20H23F3N4O2/c1-12-6-14(26(2)25-12)9-27-10-17-16(18(17)11-27)8-24-19(28)13-4-3-5-15(7-13)29-20(21,22)23/h3-7,16-18H,8-11H2,1-2H3,(H,24,28). The summed E-state index contributed by atoms with van der Waals surface area (Å²) in [6, 6.07) is 7.23. The van der Waals surface area contributed by atoms with Crippen molar-refractivity contribution in [2.45, 2.75) is 19.8 Å². The molecule has 0 radical (unpaired) electrons. The lowest BCUT2D eigenvalue weighted by Gasteiger charge is -2.19. The molecular weight excluding hydrogens is 385 g/mol. The van der Waals surface area contributed by atoms with Crippen LogP contribution in [0.1, 0.15) is 21.7 Å². The zero-order valence-electron chi connectivity index (χ0n) is 16.2. The van der Waals surface area contributed by atoms with E-state index in [1.807, 2.05) is 18.7 Å². The number of amides is 1. The molecule has 1 aliphatic carbocycles. The van der Waals surface area contributed by atoms with Gasteiger partial charge in [-0.25, -0.2) is 0 Å². The van der Waals surface area contributed by atoms with Crippen LogP contribution in [0.5, 0.6) is 5.75 Å². The Morgan fingerprint density at radius 3 is 2.62 bits per heavy atom. The first kappa shape index (κ1) is 19.8. The maximum absolute atomic E-state index is 12.3. The van der Waals surface area contributed by atoms with Crippen molar-refractivity contribution in [3.8, 4) is 5.75 Å². The van der Waals surface area contributed by atoms with Crippen molar-refractivity contribution in [1.82, 2.24) is 20.0 Å². The number of alkyl halides is 3. The number of carbonyl (C=O) groups excluding carboxylic acids is 1. The summed E-state index contributed by atoms with van der Waals surface area (Å²) in [6.07, 6.45) is -4.78. The largest absolute Gasteiger partial charge is 0.573 e. The number of aryl methyl sites for hydroxylation is 2. The number of hydrogen-bond donors (Lipinski definition) is 1. The minimum absolute atomic E-state index is 0.158. The maximum atomic E-state index is 12.3. The van der Waals surface area contributed by atoms with Crippen LogP contribution in [0.3, 0.4) is 0 Å². The number of aromatic nitrogens is 2. The van der Waals surface area contributed by atoms with Crippen LogP contribution in [0.2, 0.25) is 0 Å². The van der Waals surface area contributed by atoms with E-state index < -0.39 is 12.1 Å². The summed E-state index contributed by atoms with van der Waals surface area (Å²) < 4.78 is 42.8. The topological polar surface area (TPSA) is 59.4 Å². The summed E-state index contributed by atoms with van der Waals surface area (Å²) in [5, 5.41) is 7.22. The monoisotopic (exact) mass is 408 g/mol. The van der Waals surface area contributed by atoms with E-state index in [0.717, 1.165) is 31.4 Å². The van der Waals surface area contributed by atoms with Gasteiger partial charge in [-0.3, -0.25) is 14.4 Å². The minimum Gasteiger partial charge on any atom is -0.406 e. The lowest BCUT2D eigenvalue weighted by molar-refractivity contribution is -0.274. The molecule has 29 heavy (non-hydrogen) atoms. The molecule has 1 N–H and O–H groups in total. The highest BCUT2D eigenvalue weighted by Gasteiger charge is 2.55. The van der Waals surface area contributed by atoms with Crippen LogP contribution in [0.4, 0.5) is 13.2 Å². The van der Waals surface area contributed by atoms with E-state index >= 15 is 0 Å². The molecule has 1 saturated carbocycles. The Hall–Kier alpha value is -2.55. The van der Waals surface area contributed by atoms with Crippen molar-refractivity contribution in [3.63, 3.8) is 0 Å². The van der Waals surface area contributed by atoms with Crippen LogP contribution in [0.25, 0.3) is 0 Å². The van der Waals surface area contributed by atoms with Gasteiger partial charge in [0.05, 0.1) is 11.4 Å². The molecule has 9 heteroatoms. The Balaban J connectivity index is 1.24. The highest BCUT2D eigenvalue weighted by Crippen LogP contribution is 2.51. The van der Waals surface area contributed by atoms with E-state index in [2.05, 4.69) is 26.1 Å². The molecule has 1 saturated heterocycles. The van der Waals surface area contributed by atoms with Gasteiger partial charge in [-0.1, -0.05) is 6.07 Å². The fraction of sp³-hybridized carbons (Fsp3) is 0.500. The summed E-state index contributed by atoms with van der Waals surface area (Å²) in [7, 11) is 1.95. The van der Waals surface area contributed by atoms with Crippen molar-refractivity contribution in [2.24, 2.45) is 24.8 Å². The van der Waals surface area contributed by atoms with Gasteiger partial charge < -0.3 is 10.1 Å². The molecule has 1 aliphatic heterocycles. The number of carbonyl (C=O) groups is 1. The summed E-state index contributed by atoms with van der Waals surface area (Å²) in [5.74, 6) is 0.770. The normalized spacial score (nSPS) is 23.7. The summed E-state index contributed by atoms with van der Waals surface area (Å²) in [6.45, 7) is 5.37. The van der Waals surface area contributed by atoms with Crippen LogP contribution >= 0.6 is 0 Å². The molecule has 1 amide bonds. The van der Waals surface area contributed by atoms with Crippen LogP contribution in [-0.4, -0.2) is 46.6 Å². The zero-order valence-corrected chi connectivity index (χ0v) is 16.2. The number of ether oxygens (including phenoxy) is 1. The second-order valence-corrected chi connectivity index (χ2v) is 7.87. The van der Waals surface area contributed by atoms with E-state index in [4.69, 9.17) is 0 Å². The average Bonchev–Trinajstić information content (AvgIpc) is 2.93. The number of rotatable bonds is 6. The van der Waals surface area contributed by atoms with Crippen molar-refractivity contribution >= 4 is 5.91 Å². The Kier molecular flexibility index (Phi) is 5.02. The number of benzene rings is 1. The average molecular weight is 408 g/mol. The Morgan fingerprint density at radius 1 is 1.28 bits per heavy atom. The fourth-order valence-electron chi connectivity index (χ4n) is 4.36. The maximum Gasteiger partial charge on any atom is 0.573 e. The molecular formula is C20H23F3N4O2. The number of nitrogens with zero attached hydrogens (tertiary/aromatic N) is 3. The van der Waals surface area contributed by atoms with Gasteiger partial charge in [0.2, 0.25) is 0 Å². The summed E-state index contributed by atoms with van der Waals surface area (Å²) in [4.78, 5) is 14.7. The predicted octanol–water partition coefficient (Wildman–Crippen LogP) is 2.73. The number of nitrogens with one attached hydrogen (secondary N) is 1. The molecule has 1 aromatic heterocycles. The zero-order chi connectivity index (χ0) is 20.8. The van der Waals surface area contributed by atoms with Gasteiger partial charge >= 0.3 is 6.36 Å². The van der Waals surface area contributed by atoms with E-state index in [-0.39, 0.29) is 11.5 Å². The predicted molar refractivity (Wildman–Crippen MR) is 99.2 cm³/mol. The van der Waals surface area contributed by atoms with Gasteiger partial charge in [-0.2, -0.15) is 5.10 Å². The van der Waals surface area contributed by atoms with Crippen LogP contribution in [-0.2, 0) is 13.6 Å². The molecule has 2 heterocycles. The molecule has 6 nitrogen and oxygen atoms in total. The van der Waals surface area contributed by atoms with Crippen LogP contribution in [0.15, 0.2) is 30.3 Å². The second-order valence-electron chi connectivity index (χ2n) is 7.87. The molecule has 2 aromatic rings. The van der Waals surface area contributed by atoms with Crippen molar-refractivity contribution in [2.75, 3.05) is 19.6 Å². The third-order valence-electron chi connectivity index (χ3n) is 5.76. The molecule has 156 valence electrons.